The summed E-state index contributed by atoms with van der Waals surface area (Å²) in [6, 6.07) is 17.1. The summed E-state index contributed by atoms with van der Waals surface area (Å²) in [6.45, 7) is 0.410. The van der Waals surface area contributed by atoms with E-state index in [2.05, 4.69) is 65.8 Å². The highest BCUT2D eigenvalue weighted by Gasteiger charge is 2.04. The van der Waals surface area contributed by atoms with Crippen molar-refractivity contribution >= 4 is 33.9 Å². The van der Waals surface area contributed by atoms with Crippen LogP contribution in [0.2, 0.25) is 0 Å². The molecular formula is C18H15NS2. The standard InChI is InChI=1S/C18H15NS2/c19-10-3-6-15-9-11-20-18(15)13-21-17-8-7-14-4-1-2-5-16(14)12-17/h1-2,4-5,7-9,11-12H,10,13,19H2. The van der Waals surface area contributed by atoms with Crippen molar-refractivity contribution in [2.24, 2.45) is 5.73 Å². The predicted molar refractivity (Wildman–Crippen MR) is 93.8 cm³/mol. The molecule has 0 aliphatic rings. The predicted octanol–water partition coefficient (Wildman–Crippen LogP) is 4.50. The number of hydrogen-bond donors (Lipinski definition) is 1. The smallest absolute Gasteiger partial charge is 0.0555 e. The van der Waals surface area contributed by atoms with E-state index in [0.717, 1.165) is 11.3 Å². The first-order valence-electron chi connectivity index (χ1n) is 6.74. The second-order valence-corrected chi connectivity index (χ2v) is 6.61. The highest BCUT2D eigenvalue weighted by atomic mass is 32.2. The lowest BCUT2D eigenvalue weighted by atomic mass is 10.1. The Morgan fingerprint density at radius 2 is 1.90 bits per heavy atom. The fourth-order valence-corrected chi connectivity index (χ4v) is 4.01. The van der Waals surface area contributed by atoms with Gasteiger partial charge in [-0.25, -0.2) is 0 Å². The summed E-state index contributed by atoms with van der Waals surface area (Å²) in [7, 11) is 0. The molecule has 3 rings (SSSR count). The normalized spacial score (nSPS) is 10.3. The first-order valence-corrected chi connectivity index (χ1v) is 8.60. The maximum Gasteiger partial charge on any atom is 0.0555 e. The van der Waals surface area contributed by atoms with Gasteiger partial charge in [-0.1, -0.05) is 42.2 Å². The number of thioether (sulfide) groups is 1. The van der Waals surface area contributed by atoms with Crippen molar-refractivity contribution in [2.45, 2.75) is 10.6 Å². The van der Waals surface area contributed by atoms with Crippen LogP contribution in [0.4, 0.5) is 0 Å². The summed E-state index contributed by atoms with van der Waals surface area (Å²) in [4.78, 5) is 2.61. The van der Waals surface area contributed by atoms with Gasteiger partial charge in [-0.3, -0.25) is 0 Å². The number of fused-ring (bicyclic) bond motifs is 1. The van der Waals surface area contributed by atoms with Crippen molar-refractivity contribution in [3.8, 4) is 11.8 Å². The number of nitrogens with two attached hydrogens (primary N) is 1. The van der Waals surface area contributed by atoms with Crippen LogP contribution >= 0.6 is 23.1 Å². The lowest BCUT2D eigenvalue weighted by Gasteiger charge is -2.03. The summed E-state index contributed by atoms with van der Waals surface area (Å²) in [5, 5.41) is 4.67. The van der Waals surface area contributed by atoms with Crippen molar-refractivity contribution in [2.75, 3.05) is 6.54 Å². The van der Waals surface area contributed by atoms with Crippen molar-refractivity contribution in [3.05, 3.63) is 64.4 Å². The Balaban J connectivity index is 1.76. The van der Waals surface area contributed by atoms with Gasteiger partial charge in [0.1, 0.15) is 0 Å². The highest BCUT2D eigenvalue weighted by Crippen LogP contribution is 2.29. The molecule has 2 N–H and O–H groups in total. The molecule has 1 aromatic heterocycles. The number of rotatable bonds is 3. The van der Waals surface area contributed by atoms with E-state index in [4.69, 9.17) is 5.73 Å². The van der Waals surface area contributed by atoms with Gasteiger partial charge in [0.05, 0.1) is 6.54 Å². The van der Waals surface area contributed by atoms with Crippen LogP contribution < -0.4 is 5.73 Å². The minimum atomic E-state index is 0.410. The van der Waals surface area contributed by atoms with Gasteiger partial charge in [-0.05, 0) is 34.4 Å². The lowest BCUT2D eigenvalue weighted by molar-refractivity contribution is 1.30. The second kappa shape index (κ2) is 6.82. The van der Waals surface area contributed by atoms with Crippen molar-refractivity contribution in [3.63, 3.8) is 0 Å². The summed E-state index contributed by atoms with van der Waals surface area (Å²) >= 11 is 3.61. The Hall–Kier alpha value is -1.73. The largest absolute Gasteiger partial charge is 0.320 e. The summed E-state index contributed by atoms with van der Waals surface area (Å²) < 4.78 is 0. The minimum Gasteiger partial charge on any atom is -0.320 e. The second-order valence-electron chi connectivity index (χ2n) is 4.56. The Labute approximate surface area is 133 Å². The van der Waals surface area contributed by atoms with E-state index in [0.29, 0.717) is 6.54 Å². The maximum atomic E-state index is 5.44. The Bertz CT molecular complexity index is 808. The van der Waals surface area contributed by atoms with Crippen LogP contribution in [0.3, 0.4) is 0 Å². The lowest BCUT2D eigenvalue weighted by Crippen LogP contribution is -1.93. The summed E-state index contributed by atoms with van der Waals surface area (Å²) in [5.41, 5.74) is 6.55. The average Bonchev–Trinajstić information content (AvgIpc) is 2.98. The third-order valence-electron chi connectivity index (χ3n) is 3.16. The molecule has 0 unspecified atom stereocenters. The molecule has 0 atom stereocenters. The molecule has 0 aliphatic carbocycles. The van der Waals surface area contributed by atoms with Crippen LogP contribution in [0.5, 0.6) is 0 Å². The number of thiophene rings is 1. The van der Waals surface area contributed by atoms with Gasteiger partial charge < -0.3 is 5.73 Å². The highest BCUT2D eigenvalue weighted by molar-refractivity contribution is 7.98. The molecule has 0 fully saturated rings. The number of hydrogen-bond acceptors (Lipinski definition) is 3. The molecule has 0 aliphatic heterocycles. The Morgan fingerprint density at radius 1 is 1.05 bits per heavy atom. The fraction of sp³-hybridized carbons (Fsp3) is 0.111. The molecule has 104 valence electrons. The molecule has 0 saturated carbocycles. The molecule has 0 saturated heterocycles. The molecule has 0 amide bonds. The Morgan fingerprint density at radius 3 is 2.76 bits per heavy atom. The van der Waals surface area contributed by atoms with Crippen molar-refractivity contribution in [1.29, 1.82) is 0 Å². The van der Waals surface area contributed by atoms with E-state index in [9.17, 15) is 0 Å². The molecule has 0 bridgehead atoms. The zero-order chi connectivity index (χ0) is 14.5. The topological polar surface area (TPSA) is 26.0 Å². The van der Waals surface area contributed by atoms with Crippen LogP contribution in [0.25, 0.3) is 10.8 Å². The van der Waals surface area contributed by atoms with E-state index in [1.807, 2.05) is 11.8 Å². The number of benzene rings is 2. The third-order valence-corrected chi connectivity index (χ3v) is 5.29. The molecule has 0 spiro atoms. The molecule has 0 radical (unpaired) electrons. The van der Waals surface area contributed by atoms with Gasteiger partial charge in [0, 0.05) is 21.1 Å². The molecule has 2 aromatic carbocycles. The van der Waals surface area contributed by atoms with Crippen LogP contribution in [-0.4, -0.2) is 6.54 Å². The zero-order valence-electron chi connectivity index (χ0n) is 11.5. The summed E-state index contributed by atoms with van der Waals surface area (Å²) in [5.74, 6) is 7.02. The van der Waals surface area contributed by atoms with E-state index in [-0.39, 0.29) is 0 Å². The molecular weight excluding hydrogens is 294 g/mol. The van der Waals surface area contributed by atoms with Gasteiger partial charge in [0.15, 0.2) is 0 Å². The first-order chi connectivity index (χ1) is 10.4. The fourth-order valence-electron chi connectivity index (χ4n) is 2.12. The van der Waals surface area contributed by atoms with Gasteiger partial charge in [0.25, 0.3) is 0 Å². The van der Waals surface area contributed by atoms with Crippen molar-refractivity contribution in [1.82, 2.24) is 0 Å². The Kier molecular flexibility index (Phi) is 4.62. The van der Waals surface area contributed by atoms with Gasteiger partial charge in [-0.15, -0.1) is 23.1 Å². The van der Waals surface area contributed by atoms with Crippen LogP contribution in [0.15, 0.2) is 58.8 Å². The maximum absolute atomic E-state index is 5.44. The van der Waals surface area contributed by atoms with Crippen LogP contribution in [0, 0.1) is 11.8 Å². The quantitative estimate of drug-likeness (QED) is 0.569. The van der Waals surface area contributed by atoms with Crippen molar-refractivity contribution < 1.29 is 0 Å². The zero-order valence-corrected chi connectivity index (χ0v) is 13.1. The SMILES string of the molecule is NCC#Cc1ccsc1CSc1ccc2ccccc2c1. The minimum absolute atomic E-state index is 0.410. The van der Waals surface area contributed by atoms with Crippen LogP contribution in [-0.2, 0) is 5.75 Å². The van der Waals surface area contributed by atoms with Crippen LogP contribution in [0.1, 0.15) is 10.4 Å². The van der Waals surface area contributed by atoms with E-state index in [1.165, 1.54) is 20.5 Å². The van der Waals surface area contributed by atoms with E-state index >= 15 is 0 Å². The molecule has 1 heterocycles. The first kappa shape index (κ1) is 14.2. The average molecular weight is 309 g/mol. The molecule has 21 heavy (non-hydrogen) atoms. The molecule has 3 aromatic rings. The van der Waals surface area contributed by atoms with E-state index < -0.39 is 0 Å². The molecule has 3 heteroatoms. The van der Waals surface area contributed by atoms with Gasteiger partial charge in [0.2, 0.25) is 0 Å². The van der Waals surface area contributed by atoms with Gasteiger partial charge in [-0.2, -0.15) is 0 Å². The molecule has 1 nitrogen and oxygen atoms in total. The summed E-state index contributed by atoms with van der Waals surface area (Å²) in [6.07, 6.45) is 0. The third kappa shape index (κ3) is 3.48. The monoisotopic (exact) mass is 309 g/mol. The van der Waals surface area contributed by atoms with Gasteiger partial charge >= 0.3 is 0 Å². The van der Waals surface area contributed by atoms with E-state index in [1.54, 1.807) is 11.3 Å².